The third-order valence-corrected chi connectivity index (χ3v) is 4.34. The van der Waals surface area contributed by atoms with Crippen LogP contribution in [0.25, 0.3) is 0 Å². The summed E-state index contributed by atoms with van der Waals surface area (Å²) in [6, 6.07) is 17.1. The van der Waals surface area contributed by atoms with Crippen LogP contribution in [0.1, 0.15) is 24.0 Å². The second-order valence-corrected chi connectivity index (χ2v) is 6.41. The fourth-order valence-corrected chi connectivity index (χ4v) is 2.87. The van der Waals surface area contributed by atoms with Gasteiger partial charge in [0.2, 0.25) is 17.7 Å². The van der Waals surface area contributed by atoms with E-state index in [-0.39, 0.29) is 43.7 Å². The molecule has 0 bridgehead atoms. The van der Waals surface area contributed by atoms with Crippen LogP contribution in [0.2, 0.25) is 0 Å². The van der Waals surface area contributed by atoms with Crippen LogP contribution in [0, 0.1) is 0 Å². The van der Waals surface area contributed by atoms with Gasteiger partial charge in [0, 0.05) is 18.5 Å². The number of nitrogens with one attached hydrogen (secondary N) is 1. The number of hydrogen-bond donors (Lipinski definition) is 1. The predicted octanol–water partition coefficient (Wildman–Crippen LogP) is 2.53. The quantitative estimate of drug-likeness (QED) is 0.575. The van der Waals surface area contributed by atoms with Gasteiger partial charge < -0.3 is 10.1 Å². The van der Waals surface area contributed by atoms with E-state index in [0.717, 1.165) is 12.0 Å². The zero-order valence-corrected chi connectivity index (χ0v) is 15.0. The highest BCUT2D eigenvalue weighted by atomic mass is 16.5. The molecular weight excluding hydrogens is 344 g/mol. The molecule has 3 rings (SSSR count). The first-order chi connectivity index (χ1) is 13.1. The number of hydrogen-bond acceptors (Lipinski definition) is 4. The van der Waals surface area contributed by atoms with Crippen LogP contribution in [0.4, 0.5) is 5.69 Å². The highest BCUT2D eigenvalue weighted by Gasteiger charge is 2.28. The molecular formula is C21H22N2O4. The molecule has 1 aliphatic heterocycles. The summed E-state index contributed by atoms with van der Waals surface area (Å²) in [7, 11) is 0. The Hall–Kier alpha value is -2.99. The first-order valence-electron chi connectivity index (χ1n) is 8.95. The number of nitrogens with zero attached hydrogens (tertiary/aromatic N) is 1. The number of amides is 3. The molecule has 1 fully saturated rings. The van der Waals surface area contributed by atoms with Gasteiger partial charge in [0.1, 0.15) is 6.61 Å². The van der Waals surface area contributed by atoms with Crippen molar-refractivity contribution in [1.82, 2.24) is 4.90 Å². The van der Waals surface area contributed by atoms with E-state index in [1.807, 2.05) is 30.3 Å². The summed E-state index contributed by atoms with van der Waals surface area (Å²) in [5.41, 5.74) is 2.66. The van der Waals surface area contributed by atoms with Crippen molar-refractivity contribution >= 4 is 23.4 Å². The summed E-state index contributed by atoms with van der Waals surface area (Å²) < 4.78 is 5.41. The molecule has 1 aliphatic rings. The Kier molecular flexibility index (Phi) is 6.33. The molecule has 0 saturated carbocycles. The third kappa shape index (κ3) is 5.49. The zero-order valence-electron chi connectivity index (χ0n) is 15.0. The van der Waals surface area contributed by atoms with E-state index in [0.29, 0.717) is 12.3 Å². The number of benzene rings is 2. The molecule has 1 heterocycles. The summed E-state index contributed by atoms with van der Waals surface area (Å²) >= 11 is 0. The molecule has 2 aromatic carbocycles. The average Bonchev–Trinajstić information content (AvgIpc) is 2.99. The number of carbonyl (C=O) groups excluding carboxylic acids is 3. The van der Waals surface area contributed by atoms with Crippen LogP contribution in [0.5, 0.6) is 0 Å². The fourth-order valence-electron chi connectivity index (χ4n) is 2.87. The van der Waals surface area contributed by atoms with Crippen LogP contribution in [0.15, 0.2) is 54.6 Å². The minimum atomic E-state index is -0.222. The molecule has 140 valence electrons. The Morgan fingerprint density at radius 2 is 1.59 bits per heavy atom. The Balaban J connectivity index is 1.40. The first kappa shape index (κ1) is 18.8. The molecule has 2 aromatic rings. The summed E-state index contributed by atoms with van der Waals surface area (Å²) in [5, 5.41) is 2.77. The van der Waals surface area contributed by atoms with Crippen molar-refractivity contribution in [1.29, 1.82) is 0 Å². The second kappa shape index (κ2) is 9.09. The lowest BCUT2D eigenvalue weighted by Gasteiger charge is -2.14. The highest BCUT2D eigenvalue weighted by molar-refractivity contribution is 6.01. The number of likely N-dealkylation sites (tertiary alicyclic amines) is 1. The normalized spacial score (nSPS) is 13.9. The largest absolute Gasteiger partial charge is 0.371 e. The summed E-state index contributed by atoms with van der Waals surface area (Å²) in [6.45, 7) is 0.744. The van der Waals surface area contributed by atoms with Crippen LogP contribution in [0.3, 0.4) is 0 Å². The van der Waals surface area contributed by atoms with Gasteiger partial charge in [0.25, 0.3) is 0 Å². The van der Waals surface area contributed by atoms with Gasteiger partial charge in [-0.15, -0.1) is 0 Å². The van der Waals surface area contributed by atoms with Crippen molar-refractivity contribution in [2.24, 2.45) is 0 Å². The van der Waals surface area contributed by atoms with Crippen molar-refractivity contribution in [2.75, 3.05) is 18.5 Å². The van der Waals surface area contributed by atoms with Gasteiger partial charge in [-0.1, -0.05) is 42.5 Å². The lowest BCUT2D eigenvalue weighted by molar-refractivity contribution is -0.139. The lowest BCUT2D eigenvalue weighted by Crippen LogP contribution is -2.28. The van der Waals surface area contributed by atoms with Crippen molar-refractivity contribution in [3.05, 3.63) is 65.7 Å². The summed E-state index contributed by atoms with van der Waals surface area (Å²) in [5.74, 6) is -0.490. The maximum absolute atomic E-state index is 11.9. The molecule has 27 heavy (non-hydrogen) atoms. The van der Waals surface area contributed by atoms with E-state index in [2.05, 4.69) is 5.32 Å². The zero-order chi connectivity index (χ0) is 19.1. The lowest BCUT2D eigenvalue weighted by atomic mass is 10.2. The van der Waals surface area contributed by atoms with E-state index in [9.17, 15) is 14.4 Å². The Bertz CT molecular complexity index is 787. The maximum Gasteiger partial charge on any atom is 0.250 e. The smallest absolute Gasteiger partial charge is 0.250 e. The number of rotatable bonds is 8. The molecule has 0 spiro atoms. The SMILES string of the molecule is O=C(COCCc1ccccc1)Nc1ccc(CN2C(=O)CCC2=O)cc1. The fraction of sp³-hybridized carbons (Fsp3) is 0.286. The topological polar surface area (TPSA) is 75.7 Å². The van der Waals surface area contributed by atoms with Crippen molar-refractivity contribution in [3.63, 3.8) is 0 Å². The maximum atomic E-state index is 11.9. The van der Waals surface area contributed by atoms with E-state index in [4.69, 9.17) is 4.74 Å². The van der Waals surface area contributed by atoms with Gasteiger partial charge in [-0.2, -0.15) is 0 Å². The molecule has 3 amide bonds. The molecule has 1 saturated heterocycles. The van der Waals surface area contributed by atoms with Gasteiger partial charge in [-0.05, 0) is 29.7 Å². The number of anilines is 1. The van der Waals surface area contributed by atoms with Crippen molar-refractivity contribution in [2.45, 2.75) is 25.8 Å². The van der Waals surface area contributed by atoms with Gasteiger partial charge in [0.05, 0.1) is 13.2 Å². The third-order valence-electron chi connectivity index (χ3n) is 4.34. The van der Waals surface area contributed by atoms with Crippen LogP contribution in [-0.2, 0) is 32.1 Å². The van der Waals surface area contributed by atoms with E-state index < -0.39 is 0 Å². The number of ether oxygens (including phenoxy) is 1. The number of carbonyl (C=O) groups is 3. The Labute approximate surface area is 158 Å². The van der Waals surface area contributed by atoms with Gasteiger partial charge in [0.15, 0.2) is 0 Å². The van der Waals surface area contributed by atoms with Crippen molar-refractivity contribution in [3.8, 4) is 0 Å². The summed E-state index contributed by atoms with van der Waals surface area (Å²) in [6.07, 6.45) is 1.34. The second-order valence-electron chi connectivity index (χ2n) is 6.41. The Morgan fingerprint density at radius 1 is 0.926 bits per heavy atom. The first-order valence-corrected chi connectivity index (χ1v) is 8.95. The van der Waals surface area contributed by atoms with Crippen LogP contribution in [-0.4, -0.2) is 35.8 Å². The monoisotopic (exact) mass is 366 g/mol. The highest BCUT2D eigenvalue weighted by Crippen LogP contribution is 2.17. The molecule has 6 nitrogen and oxygen atoms in total. The molecule has 0 unspecified atom stereocenters. The van der Waals surface area contributed by atoms with Crippen molar-refractivity contribution < 1.29 is 19.1 Å². The molecule has 1 N–H and O–H groups in total. The van der Waals surface area contributed by atoms with E-state index in [1.165, 1.54) is 10.5 Å². The molecule has 0 atom stereocenters. The van der Waals surface area contributed by atoms with Gasteiger partial charge in [-0.3, -0.25) is 19.3 Å². The molecule has 0 aromatic heterocycles. The minimum absolute atomic E-state index is 0.00857. The number of imide groups is 1. The average molecular weight is 366 g/mol. The molecule has 0 aliphatic carbocycles. The van der Waals surface area contributed by atoms with Crippen LogP contribution >= 0.6 is 0 Å². The van der Waals surface area contributed by atoms with Gasteiger partial charge in [-0.25, -0.2) is 0 Å². The Morgan fingerprint density at radius 3 is 2.26 bits per heavy atom. The van der Waals surface area contributed by atoms with E-state index in [1.54, 1.807) is 24.3 Å². The van der Waals surface area contributed by atoms with Crippen LogP contribution < -0.4 is 5.32 Å². The molecule has 6 heteroatoms. The van der Waals surface area contributed by atoms with Gasteiger partial charge >= 0.3 is 0 Å². The minimum Gasteiger partial charge on any atom is -0.371 e. The summed E-state index contributed by atoms with van der Waals surface area (Å²) in [4.78, 5) is 36.5. The standard InChI is InChI=1S/C21H22N2O4/c24-19(15-27-13-12-16-4-2-1-3-5-16)22-18-8-6-17(7-9-18)14-23-20(25)10-11-21(23)26/h1-9H,10-15H2,(H,22,24). The predicted molar refractivity (Wildman–Crippen MR) is 101 cm³/mol. The van der Waals surface area contributed by atoms with E-state index >= 15 is 0 Å². The molecule has 0 radical (unpaired) electrons.